The Labute approximate surface area is 117 Å². The highest BCUT2D eigenvalue weighted by molar-refractivity contribution is 5.96. The number of nitrogens with one attached hydrogen (secondary N) is 2. The maximum Gasteiger partial charge on any atom is 0.307 e. The first-order valence-electron chi connectivity index (χ1n) is 6.21. The Kier molecular flexibility index (Phi) is 6.22. The Hall–Kier alpha value is -2.37. The summed E-state index contributed by atoms with van der Waals surface area (Å²) in [6.07, 6.45) is 0.105. The van der Waals surface area contributed by atoms with Crippen LogP contribution in [-0.4, -0.2) is 38.0 Å². The Morgan fingerprint density at radius 2 is 1.75 bits per heavy atom. The summed E-state index contributed by atoms with van der Waals surface area (Å²) in [4.78, 5) is 34.0. The number of esters is 1. The van der Waals surface area contributed by atoms with E-state index in [-0.39, 0.29) is 31.3 Å². The Balaban J connectivity index is 2.28. The van der Waals surface area contributed by atoms with Gasteiger partial charge in [0.1, 0.15) is 0 Å². The van der Waals surface area contributed by atoms with E-state index >= 15 is 0 Å². The van der Waals surface area contributed by atoms with Crippen molar-refractivity contribution in [3.63, 3.8) is 0 Å². The molecule has 0 saturated carbocycles. The Bertz CT molecular complexity index is 482. The number of ether oxygens (including phenoxy) is 1. The fourth-order valence-corrected chi connectivity index (χ4v) is 1.44. The third kappa shape index (κ3) is 5.51. The number of hydrogen-bond acceptors (Lipinski definition) is 4. The molecule has 0 saturated heterocycles. The number of aryl methyl sites for hydroxylation is 1. The van der Waals surface area contributed by atoms with Crippen molar-refractivity contribution in [3.05, 3.63) is 35.4 Å². The molecule has 2 N–H and O–H groups in total. The van der Waals surface area contributed by atoms with Crippen molar-refractivity contribution in [2.24, 2.45) is 0 Å². The van der Waals surface area contributed by atoms with Crippen LogP contribution in [0.5, 0.6) is 0 Å². The molecule has 6 nitrogen and oxygen atoms in total. The van der Waals surface area contributed by atoms with Gasteiger partial charge in [-0.3, -0.25) is 14.4 Å². The van der Waals surface area contributed by atoms with E-state index in [2.05, 4.69) is 15.4 Å². The zero-order chi connectivity index (χ0) is 15.0. The van der Waals surface area contributed by atoms with E-state index < -0.39 is 5.97 Å². The first-order chi connectivity index (χ1) is 9.52. The lowest BCUT2D eigenvalue weighted by Crippen LogP contribution is -2.37. The van der Waals surface area contributed by atoms with Crippen molar-refractivity contribution in [2.45, 2.75) is 13.3 Å². The van der Waals surface area contributed by atoms with Crippen LogP contribution in [0.25, 0.3) is 0 Å². The molecule has 0 spiro atoms. The average Bonchev–Trinajstić information content (AvgIpc) is 2.45. The van der Waals surface area contributed by atoms with Gasteiger partial charge in [-0.2, -0.15) is 0 Å². The summed E-state index contributed by atoms with van der Waals surface area (Å²) in [5.74, 6) is -1.06. The average molecular weight is 278 g/mol. The van der Waals surface area contributed by atoms with Gasteiger partial charge in [0.2, 0.25) is 5.91 Å². The highest BCUT2D eigenvalue weighted by atomic mass is 16.5. The Morgan fingerprint density at radius 1 is 1.10 bits per heavy atom. The lowest BCUT2D eigenvalue weighted by molar-refractivity contribution is -0.140. The van der Waals surface area contributed by atoms with E-state index in [9.17, 15) is 14.4 Å². The number of methoxy groups -OCH3 is 1. The van der Waals surface area contributed by atoms with Gasteiger partial charge in [0.15, 0.2) is 0 Å². The fraction of sp³-hybridized carbons (Fsp3) is 0.357. The highest BCUT2D eigenvalue weighted by Gasteiger charge is 2.08. The number of carbonyl (C=O) groups excluding carboxylic acids is 3. The topological polar surface area (TPSA) is 84.5 Å². The first-order valence-corrected chi connectivity index (χ1v) is 6.21. The van der Waals surface area contributed by atoms with Crippen LogP contribution in [0.2, 0.25) is 0 Å². The molecule has 0 aliphatic heterocycles. The number of carbonyl (C=O) groups is 3. The lowest BCUT2D eigenvalue weighted by Gasteiger charge is -2.06. The molecule has 0 aromatic heterocycles. The molecule has 0 unspecified atom stereocenters. The Morgan fingerprint density at radius 3 is 2.35 bits per heavy atom. The predicted molar refractivity (Wildman–Crippen MR) is 73.2 cm³/mol. The minimum absolute atomic E-state index is 0.105. The highest BCUT2D eigenvalue weighted by Crippen LogP contribution is 2.02. The van der Waals surface area contributed by atoms with Crippen molar-refractivity contribution < 1.29 is 19.1 Å². The van der Waals surface area contributed by atoms with Crippen molar-refractivity contribution >= 4 is 17.8 Å². The van der Waals surface area contributed by atoms with Gasteiger partial charge in [-0.1, -0.05) is 17.7 Å². The normalized spacial score (nSPS) is 9.70. The van der Waals surface area contributed by atoms with Gasteiger partial charge in [0.05, 0.1) is 20.1 Å². The van der Waals surface area contributed by atoms with Gasteiger partial charge in [-0.25, -0.2) is 0 Å². The van der Waals surface area contributed by atoms with Crippen LogP contribution in [0.4, 0.5) is 0 Å². The van der Waals surface area contributed by atoms with E-state index in [1.54, 1.807) is 12.1 Å². The smallest absolute Gasteiger partial charge is 0.307 e. The summed E-state index contributed by atoms with van der Waals surface area (Å²) >= 11 is 0. The monoisotopic (exact) mass is 278 g/mol. The van der Waals surface area contributed by atoms with Crippen LogP contribution in [0.15, 0.2) is 24.3 Å². The molecule has 1 aromatic rings. The fourth-order valence-electron chi connectivity index (χ4n) is 1.44. The summed E-state index contributed by atoms with van der Waals surface area (Å²) in [7, 11) is 1.28. The van der Waals surface area contributed by atoms with E-state index in [1.807, 2.05) is 19.1 Å². The zero-order valence-electron chi connectivity index (χ0n) is 11.6. The van der Waals surface area contributed by atoms with Crippen LogP contribution in [-0.2, 0) is 14.3 Å². The number of amides is 2. The quantitative estimate of drug-likeness (QED) is 0.738. The van der Waals surface area contributed by atoms with Gasteiger partial charge in [0.25, 0.3) is 5.91 Å². The molecule has 6 heteroatoms. The predicted octanol–water partition coefficient (Wildman–Crippen LogP) is 0.404. The maximum atomic E-state index is 11.7. The van der Waals surface area contributed by atoms with Crippen LogP contribution in [0, 0.1) is 6.92 Å². The number of benzene rings is 1. The van der Waals surface area contributed by atoms with Gasteiger partial charge in [0, 0.05) is 12.1 Å². The first kappa shape index (κ1) is 15.7. The van der Waals surface area contributed by atoms with Crippen molar-refractivity contribution in [3.8, 4) is 0 Å². The summed E-state index contributed by atoms with van der Waals surface area (Å²) in [6.45, 7) is 1.98. The standard InChI is InChI=1S/C14H18N2O4/c1-10-3-5-11(6-4-10)14(19)16-9-12(17)15-8-7-13(18)20-2/h3-6H,7-9H2,1-2H3,(H,15,17)(H,16,19). The van der Waals surface area contributed by atoms with Crippen molar-refractivity contribution in [1.82, 2.24) is 10.6 Å². The van der Waals surface area contributed by atoms with E-state index in [0.717, 1.165) is 5.56 Å². The van der Waals surface area contributed by atoms with Crippen LogP contribution in [0.1, 0.15) is 22.3 Å². The molecule has 1 rings (SSSR count). The number of rotatable bonds is 6. The van der Waals surface area contributed by atoms with Crippen LogP contribution >= 0.6 is 0 Å². The minimum Gasteiger partial charge on any atom is -0.469 e. The summed E-state index contributed by atoms with van der Waals surface area (Å²) in [5, 5.41) is 5.01. The summed E-state index contributed by atoms with van der Waals surface area (Å²) in [6, 6.07) is 7.04. The molecule has 0 aliphatic carbocycles. The van der Waals surface area contributed by atoms with E-state index in [4.69, 9.17) is 0 Å². The van der Waals surface area contributed by atoms with Gasteiger partial charge in [-0.05, 0) is 19.1 Å². The molecule has 0 bridgehead atoms. The lowest BCUT2D eigenvalue weighted by atomic mass is 10.1. The second-order valence-corrected chi connectivity index (χ2v) is 4.22. The van der Waals surface area contributed by atoms with Crippen LogP contribution < -0.4 is 10.6 Å². The molecule has 1 aromatic carbocycles. The SMILES string of the molecule is COC(=O)CCNC(=O)CNC(=O)c1ccc(C)cc1. The molecule has 0 heterocycles. The number of hydrogen-bond donors (Lipinski definition) is 2. The molecule has 108 valence electrons. The molecule has 0 aliphatic rings. The second kappa shape index (κ2) is 7.93. The van der Waals surface area contributed by atoms with Gasteiger partial charge < -0.3 is 15.4 Å². The van der Waals surface area contributed by atoms with Crippen molar-refractivity contribution in [2.75, 3.05) is 20.2 Å². The zero-order valence-corrected chi connectivity index (χ0v) is 11.6. The van der Waals surface area contributed by atoms with Gasteiger partial charge in [-0.15, -0.1) is 0 Å². The second-order valence-electron chi connectivity index (χ2n) is 4.22. The maximum absolute atomic E-state index is 11.7. The minimum atomic E-state index is -0.394. The molecule has 0 radical (unpaired) electrons. The molecule has 0 fully saturated rings. The third-order valence-corrected chi connectivity index (χ3v) is 2.60. The third-order valence-electron chi connectivity index (χ3n) is 2.60. The van der Waals surface area contributed by atoms with E-state index in [0.29, 0.717) is 5.56 Å². The molecule has 2 amide bonds. The van der Waals surface area contributed by atoms with Crippen LogP contribution in [0.3, 0.4) is 0 Å². The molecular formula is C14H18N2O4. The molecule has 0 atom stereocenters. The van der Waals surface area contributed by atoms with E-state index in [1.165, 1.54) is 7.11 Å². The van der Waals surface area contributed by atoms with Gasteiger partial charge >= 0.3 is 5.97 Å². The van der Waals surface area contributed by atoms with Crippen molar-refractivity contribution in [1.29, 1.82) is 0 Å². The summed E-state index contributed by atoms with van der Waals surface area (Å²) in [5.41, 5.74) is 1.56. The molecular weight excluding hydrogens is 260 g/mol. The summed E-state index contributed by atoms with van der Waals surface area (Å²) < 4.78 is 4.44. The molecule has 20 heavy (non-hydrogen) atoms. The largest absolute Gasteiger partial charge is 0.469 e.